The fourth-order valence-electron chi connectivity index (χ4n) is 2.71. The van der Waals surface area contributed by atoms with E-state index in [9.17, 15) is 13.2 Å². The van der Waals surface area contributed by atoms with E-state index in [1.807, 2.05) is 13.8 Å². The van der Waals surface area contributed by atoms with Crippen molar-refractivity contribution in [2.75, 3.05) is 31.9 Å². The summed E-state index contributed by atoms with van der Waals surface area (Å²) in [5.41, 5.74) is 5.92. The van der Waals surface area contributed by atoms with Gasteiger partial charge >= 0.3 is 0 Å². The summed E-state index contributed by atoms with van der Waals surface area (Å²) in [6.07, 6.45) is 1.39. The highest BCUT2D eigenvalue weighted by Gasteiger charge is 2.37. The minimum atomic E-state index is -3.20. The maximum Gasteiger partial charge on any atom is 0.237 e. The number of nitrogens with zero attached hydrogens (tertiary/aromatic N) is 2. The van der Waals surface area contributed by atoms with Gasteiger partial charge in [0.1, 0.15) is 0 Å². The lowest BCUT2D eigenvalue weighted by Crippen LogP contribution is -2.55. The van der Waals surface area contributed by atoms with Crippen molar-refractivity contribution in [2.24, 2.45) is 11.1 Å². The van der Waals surface area contributed by atoms with E-state index < -0.39 is 10.0 Å². The summed E-state index contributed by atoms with van der Waals surface area (Å²) in [5.74, 6) is 0.0573. The van der Waals surface area contributed by atoms with Crippen molar-refractivity contribution in [3.63, 3.8) is 0 Å². The standard InChI is InChI=1S/C12H23N3O3S/c1-12(2)9-14(6-4-10(12)13)11(16)8-15-5-3-7-19(15,17)18/h10H,3-9,13H2,1-2H3. The number of carbonyl (C=O) groups is 1. The first-order valence-corrected chi connectivity index (χ1v) is 8.34. The number of hydrogen-bond donors (Lipinski definition) is 1. The summed E-state index contributed by atoms with van der Waals surface area (Å²) < 4.78 is 24.7. The average Bonchev–Trinajstić information content (AvgIpc) is 2.62. The van der Waals surface area contributed by atoms with E-state index in [-0.39, 0.29) is 29.7 Å². The molecular weight excluding hydrogens is 266 g/mol. The van der Waals surface area contributed by atoms with Crippen molar-refractivity contribution in [1.29, 1.82) is 0 Å². The van der Waals surface area contributed by atoms with Crippen LogP contribution in [0.15, 0.2) is 0 Å². The lowest BCUT2D eigenvalue weighted by Gasteiger charge is -2.42. The fraction of sp³-hybridized carbons (Fsp3) is 0.917. The Labute approximate surface area is 115 Å². The second-order valence-electron chi connectivity index (χ2n) is 6.20. The van der Waals surface area contributed by atoms with Crippen LogP contribution in [-0.2, 0) is 14.8 Å². The van der Waals surface area contributed by atoms with Gasteiger partial charge in [-0.25, -0.2) is 8.42 Å². The average molecular weight is 289 g/mol. The van der Waals surface area contributed by atoms with Gasteiger partial charge in [0.15, 0.2) is 0 Å². The molecule has 0 aromatic heterocycles. The Kier molecular flexibility index (Phi) is 3.90. The zero-order valence-electron chi connectivity index (χ0n) is 11.6. The number of hydrogen-bond acceptors (Lipinski definition) is 4. The van der Waals surface area contributed by atoms with Crippen LogP contribution in [0.4, 0.5) is 0 Å². The highest BCUT2D eigenvalue weighted by Crippen LogP contribution is 2.28. The van der Waals surface area contributed by atoms with Crippen molar-refractivity contribution < 1.29 is 13.2 Å². The topological polar surface area (TPSA) is 83.7 Å². The van der Waals surface area contributed by atoms with Crippen molar-refractivity contribution in [3.8, 4) is 0 Å². The molecule has 0 saturated carbocycles. The first-order valence-electron chi connectivity index (χ1n) is 6.73. The van der Waals surface area contributed by atoms with Gasteiger partial charge in [-0.15, -0.1) is 0 Å². The molecule has 7 heteroatoms. The van der Waals surface area contributed by atoms with Crippen LogP contribution in [0.1, 0.15) is 26.7 Å². The molecule has 0 aliphatic carbocycles. The lowest BCUT2D eigenvalue weighted by atomic mass is 9.79. The van der Waals surface area contributed by atoms with Crippen LogP contribution in [0.3, 0.4) is 0 Å². The highest BCUT2D eigenvalue weighted by atomic mass is 32.2. The second kappa shape index (κ2) is 5.03. The normalized spacial score (nSPS) is 30.5. The molecule has 2 rings (SSSR count). The first-order chi connectivity index (χ1) is 8.72. The van der Waals surface area contributed by atoms with Gasteiger partial charge in [0.2, 0.25) is 15.9 Å². The Morgan fingerprint density at radius 3 is 2.58 bits per heavy atom. The number of nitrogens with two attached hydrogens (primary N) is 1. The molecule has 2 N–H and O–H groups in total. The van der Waals surface area contributed by atoms with Crippen LogP contribution in [-0.4, -0.2) is 61.5 Å². The SMILES string of the molecule is CC1(C)CN(C(=O)CN2CCCS2(=O)=O)CCC1N. The van der Waals surface area contributed by atoms with E-state index >= 15 is 0 Å². The monoisotopic (exact) mass is 289 g/mol. The highest BCUT2D eigenvalue weighted by molar-refractivity contribution is 7.89. The third kappa shape index (κ3) is 3.09. The summed E-state index contributed by atoms with van der Waals surface area (Å²) in [4.78, 5) is 14.0. The third-order valence-corrected chi connectivity index (χ3v) is 6.08. The smallest absolute Gasteiger partial charge is 0.237 e. The summed E-state index contributed by atoms with van der Waals surface area (Å²) in [5, 5.41) is 0. The Bertz CT molecular complexity index is 461. The van der Waals surface area contributed by atoms with E-state index in [1.54, 1.807) is 4.90 Å². The van der Waals surface area contributed by atoms with E-state index in [1.165, 1.54) is 4.31 Å². The summed E-state index contributed by atoms with van der Waals surface area (Å²) in [6.45, 7) is 5.75. The molecule has 2 saturated heterocycles. The molecule has 1 unspecified atom stereocenters. The maximum absolute atomic E-state index is 12.2. The van der Waals surface area contributed by atoms with E-state index in [0.29, 0.717) is 26.1 Å². The number of likely N-dealkylation sites (tertiary alicyclic amines) is 1. The van der Waals surface area contributed by atoms with Gasteiger partial charge in [0, 0.05) is 25.7 Å². The number of piperidine rings is 1. The van der Waals surface area contributed by atoms with E-state index in [0.717, 1.165) is 6.42 Å². The lowest BCUT2D eigenvalue weighted by molar-refractivity contribution is -0.134. The first kappa shape index (κ1) is 14.7. The van der Waals surface area contributed by atoms with Crippen LogP contribution >= 0.6 is 0 Å². The van der Waals surface area contributed by atoms with Gasteiger partial charge in [-0.1, -0.05) is 13.8 Å². The Morgan fingerprint density at radius 1 is 1.37 bits per heavy atom. The molecular formula is C12H23N3O3S. The van der Waals surface area contributed by atoms with Crippen molar-refractivity contribution in [3.05, 3.63) is 0 Å². The fourth-order valence-corrected chi connectivity index (χ4v) is 4.17. The third-order valence-electron chi connectivity index (χ3n) is 4.18. The van der Waals surface area contributed by atoms with Gasteiger partial charge in [0.25, 0.3) is 0 Å². The molecule has 1 atom stereocenters. The molecule has 0 spiro atoms. The molecule has 2 heterocycles. The number of sulfonamides is 1. The number of rotatable bonds is 2. The zero-order chi connectivity index (χ0) is 14.3. The van der Waals surface area contributed by atoms with Crippen LogP contribution in [0.2, 0.25) is 0 Å². The van der Waals surface area contributed by atoms with E-state index in [2.05, 4.69) is 0 Å². The predicted octanol–water partition coefficient (Wildman–Crippen LogP) is -0.392. The molecule has 2 aliphatic heterocycles. The van der Waals surface area contributed by atoms with Crippen LogP contribution in [0.25, 0.3) is 0 Å². The largest absolute Gasteiger partial charge is 0.341 e. The second-order valence-corrected chi connectivity index (χ2v) is 8.29. The van der Waals surface area contributed by atoms with Gasteiger partial charge in [-0.3, -0.25) is 4.79 Å². The molecule has 2 aliphatic rings. The minimum absolute atomic E-state index is 0.0202. The zero-order valence-corrected chi connectivity index (χ0v) is 12.4. The maximum atomic E-state index is 12.2. The molecule has 110 valence electrons. The quantitative estimate of drug-likeness (QED) is 0.750. The molecule has 0 aromatic rings. The Morgan fingerprint density at radius 2 is 2.05 bits per heavy atom. The molecule has 2 fully saturated rings. The van der Waals surface area contributed by atoms with E-state index in [4.69, 9.17) is 5.73 Å². The van der Waals surface area contributed by atoms with Gasteiger partial charge in [0.05, 0.1) is 12.3 Å². The van der Waals surface area contributed by atoms with Crippen molar-refractivity contribution in [1.82, 2.24) is 9.21 Å². The molecule has 6 nitrogen and oxygen atoms in total. The van der Waals surface area contributed by atoms with Crippen LogP contribution in [0, 0.1) is 5.41 Å². The minimum Gasteiger partial charge on any atom is -0.341 e. The predicted molar refractivity (Wildman–Crippen MR) is 72.9 cm³/mol. The summed E-state index contributed by atoms with van der Waals surface area (Å²) in [7, 11) is -3.20. The number of carbonyl (C=O) groups excluding carboxylic acids is 1. The Balaban J connectivity index is 1.98. The van der Waals surface area contributed by atoms with Gasteiger partial charge in [-0.2, -0.15) is 4.31 Å². The van der Waals surface area contributed by atoms with Crippen LogP contribution in [0.5, 0.6) is 0 Å². The summed E-state index contributed by atoms with van der Waals surface area (Å²) in [6, 6.07) is 0.0899. The molecule has 1 amide bonds. The Hall–Kier alpha value is -0.660. The molecule has 0 radical (unpaired) electrons. The van der Waals surface area contributed by atoms with Crippen molar-refractivity contribution in [2.45, 2.75) is 32.7 Å². The number of amides is 1. The van der Waals surface area contributed by atoms with Crippen molar-refractivity contribution >= 4 is 15.9 Å². The van der Waals surface area contributed by atoms with Crippen LogP contribution < -0.4 is 5.73 Å². The molecule has 0 aromatic carbocycles. The van der Waals surface area contributed by atoms with Gasteiger partial charge < -0.3 is 10.6 Å². The molecule has 19 heavy (non-hydrogen) atoms. The molecule has 0 bridgehead atoms. The van der Waals surface area contributed by atoms with Gasteiger partial charge in [-0.05, 0) is 18.3 Å². The summed E-state index contributed by atoms with van der Waals surface area (Å²) >= 11 is 0.